The summed E-state index contributed by atoms with van der Waals surface area (Å²) in [5, 5.41) is 3.09. The van der Waals surface area contributed by atoms with Gasteiger partial charge in [-0.2, -0.15) is 0 Å². The molecule has 3 rings (SSSR count). The number of nitrogens with zero attached hydrogens (tertiary/aromatic N) is 2. The first-order chi connectivity index (χ1) is 12.5. The van der Waals surface area contributed by atoms with E-state index in [0.717, 1.165) is 10.2 Å². The molecule has 0 saturated carbocycles. The molecule has 0 saturated heterocycles. The second-order valence-electron chi connectivity index (χ2n) is 5.18. The number of rotatable bonds is 5. The summed E-state index contributed by atoms with van der Waals surface area (Å²) in [4.78, 5) is 20.2. The fourth-order valence-corrected chi connectivity index (χ4v) is 2.46. The molecule has 0 atom stereocenters. The van der Waals surface area contributed by atoms with Crippen LogP contribution in [0.15, 0.2) is 59.3 Å². The van der Waals surface area contributed by atoms with Crippen LogP contribution >= 0.6 is 15.9 Å². The third-order valence-electron chi connectivity index (χ3n) is 3.41. The van der Waals surface area contributed by atoms with Crippen molar-refractivity contribution in [2.75, 3.05) is 16.5 Å². The quantitative estimate of drug-likeness (QED) is 0.474. The van der Waals surface area contributed by atoms with Gasteiger partial charge in [-0.1, -0.05) is 12.1 Å². The zero-order chi connectivity index (χ0) is 18.5. The van der Waals surface area contributed by atoms with Gasteiger partial charge in [0.15, 0.2) is 11.6 Å². The van der Waals surface area contributed by atoms with E-state index in [0.29, 0.717) is 5.82 Å². The van der Waals surface area contributed by atoms with E-state index in [4.69, 9.17) is 5.73 Å². The Kier molecular flexibility index (Phi) is 5.28. The normalized spacial score (nSPS) is 10.2. The molecule has 0 aliphatic heterocycles. The average Bonchev–Trinajstić information content (AvgIpc) is 2.64. The topological polar surface area (TPSA) is 105 Å². The lowest BCUT2D eigenvalue weighted by Gasteiger charge is -2.13. The highest BCUT2D eigenvalue weighted by Gasteiger charge is 2.11. The highest BCUT2D eigenvalue weighted by molar-refractivity contribution is 9.10. The fraction of sp³-hybridized carbons (Fsp3) is 0. The van der Waals surface area contributed by atoms with Crippen LogP contribution in [0.5, 0.6) is 0 Å². The van der Waals surface area contributed by atoms with Gasteiger partial charge in [0.2, 0.25) is 0 Å². The van der Waals surface area contributed by atoms with Gasteiger partial charge in [-0.25, -0.2) is 14.4 Å². The van der Waals surface area contributed by atoms with Gasteiger partial charge in [0.25, 0.3) is 5.91 Å². The molecular formula is C17H14BrFN6O. The van der Waals surface area contributed by atoms with Gasteiger partial charge in [-0.15, -0.1) is 0 Å². The van der Waals surface area contributed by atoms with E-state index in [-0.39, 0.29) is 17.1 Å². The van der Waals surface area contributed by atoms with Crippen molar-refractivity contribution >= 4 is 44.8 Å². The van der Waals surface area contributed by atoms with Crippen LogP contribution in [0.2, 0.25) is 0 Å². The van der Waals surface area contributed by atoms with E-state index in [2.05, 4.69) is 42.1 Å². The van der Waals surface area contributed by atoms with Crippen LogP contribution in [0.1, 0.15) is 10.4 Å². The highest BCUT2D eigenvalue weighted by atomic mass is 79.9. The molecule has 7 nitrogen and oxygen atoms in total. The summed E-state index contributed by atoms with van der Waals surface area (Å²) in [7, 11) is 0. The van der Waals surface area contributed by atoms with E-state index in [9.17, 15) is 9.18 Å². The molecule has 0 unspecified atom stereocenters. The number of hydrazine groups is 1. The molecule has 1 amide bonds. The maximum absolute atomic E-state index is 12.9. The Bertz CT molecular complexity index is 935. The van der Waals surface area contributed by atoms with Crippen LogP contribution in [0.4, 0.5) is 27.4 Å². The second kappa shape index (κ2) is 7.79. The van der Waals surface area contributed by atoms with Crippen molar-refractivity contribution < 1.29 is 9.18 Å². The van der Waals surface area contributed by atoms with Gasteiger partial charge in [0, 0.05) is 10.0 Å². The number of carbonyl (C=O) groups excluding carboxylic acids is 1. The number of nitrogen functional groups attached to an aromatic ring is 1. The Morgan fingerprint density at radius 3 is 2.46 bits per heavy atom. The molecule has 0 bridgehead atoms. The van der Waals surface area contributed by atoms with E-state index in [1.165, 1.54) is 30.6 Å². The van der Waals surface area contributed by atoms with Crippen molar-refractivity contribution in [3.05, 3.63) is 70.7 Å². The first-order valence-corrected chi connectivity index (χ1v) is 8.28. The van der Waals surface area contributed by atoms with Crippen LogP contribution in [0.3, 0.4) is 0 Å². The predicted molar refractivity (Wildman–Crippen MR) is 101 cm³/mol. The van der Waals surface area contributed by atoms with Gasteiger partial charge in [-0.05, 0) is 52.3 Å². The molecule has 1 aromatic heterocycles. The molecule has 0 radical (unpaired) electrons. The van der Waals surface area contributed by atoms with Gasteiger partial charge < -0.3 is 11.1 Å². The molecule has 132 valence electrons. The average molecular weight is 417 g/mol. The Balaban J connectivity index is 1.72. The number of aromatic nitrogens is 2. The third kappa shape index (κ3) is 4.06. The number of nitrogens with one attached hydrogen (secondary N) is 3. The minimum atomic E-state index is -0.455. The Morgan fingerprint density at radius 2 is 1.73 bits per heavy atom. The minimum absolute atomic E-state index is 0.225. The summed E-state index contributed by atoms with van der Waals surface area (Å²) in [6.07, 6.45) is 1.31. The third-order valence-corrected chi connectivity index (χ3v) is 4.10. The van der Waals surface area contributed by atoms with Crippen molar-refractivity contribution in [2.24, 2.45) is 0 Å². The Hall–Kier alpha value is -3.20. The van der Waals surface area contributed by atoms with Crippen LogP contribution in [-0.2, 0) is 0 Å². The Morgan fingerprint density at radius 1 is 1.04 bits per heavy atom. The zero-order valence-electron chi connectivity index (χ0n) is 13.3. The van der Waals surface area contributed by atoms with E-state index < -0.39 is 11.7 Å². The first kappa shape index (κ1) is 17.6. The molecular weight excluding hydrogens is 403 g/mol. The van der Waals surface area contributed by atoms with Crippen molar-refractivity contribution in [3.63, 3.8) is 0 Å². The molecule has 5 N–H and O–H groups in total. The fourth-order valence-electron chi connectivity index (χ4n) is 2.07. The monoisotopic (exact) mass is 416 g/mol. The SMILES string of the molecule is Nc1c(NNC(=O)c2ccc(F)cc2)ncnc1Nc1ccccc1Br. The number of nitrogens with two attached hydrogens (primary N) is 1. The van der Waals surface area contributed by atoms with Gasteiger partial charge in [0.1, 0.15) is 17.8 Å². The number of amides is 1. The van der Waals surface area contributed by atoms with E-state index in [1.807, 2.05) is 24.3 Å². The lowest BCUT2D eigenvalue weighted by Crippen LogP contribution is -2.30. The highest BCUT2D eigenvalue weighted by Crippen LogP contribution is 2.29. The van der Waals surface area contributed by atoms with Gasteiger partial charge in [-0.3, -0.25) is 15.6 Å². The predicted octanol–water partition coefficient (Wildman–Crippen LogP) is 3.46. The lowest BCUT2D eigenvalue weighted by molar-refractivity contribution is 0.0962. The standard InChI is InChI=1S/C17H14BrFN6O/c18-12-3-1-2-4-13(12)23-15-14(20)16(22-9-21-15)24-25-17(26)10-5-7-11(19)8-6-10/h1-9H,20H2,(H,25,26)(H2,21,22,23,24). The zero-order valence-corrected chi connectivity index (χ0v) is 14.9. The molecule has 0 aliphatic rings. The smallest absolute Gasteiger partial charge is 0.269 e. The molecule has 3 aromatic rings. The number of benzene rings is 2. The summed E-state index contributed by atoms with van der Waals surface area (Å²) in [6, 6.07) is 12.6. The van der Waals surface area contributed by atoms with Crippen molar-refractivity contribution in [1.82, 2.24) is 15.4 Å². The second-order valence-corrected chi connectivity index (χ2v) is 6.03. The Labute approximate surface area is 157 Å². The number of carbonyl (C=O) groups is 1. The molecule has 0 fully saturated rings. The lowest BCUT2D eigenvalue weighted by atomic mass is 10.2. The number of para-hydroxylation sites is 1. The summed E-state index contributed by atoms with van der Waals surface area (Å²) < 4.78 is 13.8. The number of hydrogen-bond acceptors (Lipinski definition) is 6. The van der Waals surface area contributed by atoms with Crippen molar-refractivity contribution in [1.29, 1.82) is 0 Å². The summed E-state index contributed by atoms with van der Waals surface area (Å²) in [5.41, 5.74) is 12.5. The van der Waals surface area contributed by atoms with Crippen molar-refractivity contribution in [3.8, 4) is 0 Å². The summed E-state index contributed by atoms with van der Waals surface area (Å²) >= 11 is 3.43. The maximum Gasteiger partial charge on any atom is 0.269 e. The van der Waals surface area contributed by atoms with Crippen LogP contribution in [0.25, 0.3) is 0 Å². The molecule has 26 heavy (non-hydrogen) atoms. The van der Waals surface area contributed by atoms with E-state index in [1.54, 1.807) is 0 Å². The van der Waals surface area contributed by atoms with Crippen LogP contribution < -0.4 is 21.9 Å². The van der Waals surface area contributed by atoms with Crippen LogP contribution in [0, 0.1) is 5.82 Å². The molecule has 9 heteroatoms. The van der Waals surface area contributed by atoms with Crippen molar-refractivity contribution in [2.45, 2.75) is 0 Å². The molecule has 2 aromatic carbocycles. The maximum atomic E-state index is 12.9. The molecule has 0 spiro atoms. The number of halogens is 2. The van der Waals surface area contributed by atoms with E-state index >= 15 is 0 Å². The summed E-state index contributed by atoms with van der Waals surface area (Å²) in [5.74, 6) is -0.267. The first-order valence-electron chi connectivity index (χ1n) is 7.48. The molecule has 1 heterocycles. The number of anilines is 4. The van der Waals surface area contributed by atoms with Gasteiger partial charge in [0.05, 0.1) is 5.69 Å². The molecule has 0 aliphatic carbocycles. The largest absolute Gasteiger partial charge is 0.393 e. The number of hydrogen-bond donors (Lipinski definition) is 4. The van der Waals surface area contributed by atoms with Gasteiger partial charge >= 0.3 is 0 Å². The minimum Gasteiger partial charge on any atom is -0.393 e. The van der Waals surface area contributed by atoms with Crippen LogP contribution in [-0.4, -0.2) is 15.9 Å². The summed E-state index contributed by atoms with van der Waals surface area (Å²) in [6.45, 7) is 0.